The Kier molecular flexibility index (Phi) is 48.6. The maximum Gasteiger partial charge on any atom is 0.474 e. The van der Waals surface area contributed by atoms with E-state index in [-0.39, 0.29) is 0 Å². The van der Waals surface area contributed by atoms with Crippen molar-refractivity contribution in [2.24, 2.45) is 0 Å². The highest BCUT2D eigenvalue weighted by Crippen LogP contribution is 2.50. The van der Waals surface area contributed by atoms with Crippen LogP contribution < -0.4 is 0 Å². The van der Waals surface area contributed by atoms with Crippen molar-refractivity contribution >= 4 is 7.82 Å². The van der Waals surface area contributed by atoms with E-state index in [0.29, 0.717) is 19.8 Å². The topological polar surface area (TPSA) is 44.8 Å². The van der Waals surface area contributed by atoms with Crippen molar-refractivity contribution in [3.05, 3.63) is 0 Å². The average Bonchev–Trinajstić information content (AvgIpc) is 3.19. The first-order valence-electron chi connectivity index (χ1n) is 25.7. The second-order valence-electron chi connectivity index (χ2n) is 17.4. The molecule has 0 aromatic carbocycles. The van der Waals surface area contributed by atoms with Gasteiger partial charge < -0.3 is 0 Å². The summed E-state index contributed by atoms with van der Waals surface area (Å²) in [4.78, 5) is 0. The lowest BCUT2D eigenvalue weighted by Gasteiger charge is -2.18. The van der Waals surface area contributed by atoms with Crippen molar-refractivity contribution in [3.8, 4) is 0 Å². The van der Waals surface area contributed by atoms with Crippen LogP contribution >= 0.6 is 7.82 Å². The molecule has 332 valence electrons. The van der Waals surface area contributed by atoms with Crippen LogP contribution in [0.25, 0.3) is 0 Å². The van der Waals surface area contributed by atoms with Crippen LogP contribution in [0.3, 0.4) is 0 Å². The van der Waals surface area contributed by atoms with Gasteiger partial charge in [-0.15, -0.1) is 0 Å². The third kappa shape index (κ3) is 46.7. The minimum atomic E-state index is -3.48. The molecule has 0 aliphatic rings. The van der Waals surface area contributed by atoms with Gasteiger partial charge in [0.15, 0.2) is 0 Å². The summed E-state index contributed by atoms with van der Waals surface area (Å²) in [6.07, 6.45) is 58.7. The molecule has 0 aliphatic heterocycles. The Hall–Kier alpha value is 0.110. The molecule has 0 saturated carbocycles. The predicted octanol–water partition coefficient (Wildman–Crippen LogP) is 19.4. The molecule has 0 aromatic heterocycles. The molecule has 0 radical (unpaired) electrons. The van der Waals surface area contributed by atoms with Gasteiger partial charge in [0.1, 0.15) is 0 Å². The Morgan fingerprint density at radius 2 is 0.345 bits per heavy atom. The molecule has 5 heteroatoms. The van der Waals surface area contributed by atoms with E-state index >= 15 is 0 Å². The van der Waals surface area contributed by atoms with E-state index in [1.54, 1.807) is 0 Å². The standard InChI is InChI=1S/C50H103O4P/c1-4-7-10-13-16-19-22-25-28-29-32-35-38-41-44-47-50-54-55(51,52-48-45-42-39-36-33-30-26-23-20-17-14-11-8-5-2)53-49-46-43-40-37-34-31-27-24-21-18-15-12-9-6-3/h4-50H2,1-3H3. The van der Waals surface area contributed by atoms with Gasteiger partial charge >= 0.3 is 7.82 Å². The summed E-state index contributed by atoms with van der Waals surface area (Å²) in [5.74, 6) is 0. The summed E-state index contributed by atoms with van der Waals surface area (Å²) >= 11 is 0. The third-order valence-electron chi connectivity index (χ3n) is 11.7. The van der Waals surface area contributed by atoms with Gasteiger partial charge in [-0.05, 0) is 19.3 Å². The average molecular weight is 799 g/mol. The number of unbranched alkanes of at least 4 members (excludes halogenated alkanes) is 41. The predicted molar refractivity (Wildman–Crippen MR) is 246 cm³/mol. The number of hydrogen-bond donors (Lipinski definition) is 0. The Balaban J connectivity index is 4.08. The Bertz CT molecular complexity index is 693. The Morgan fingerprint density at radius 3 is 0.491 bits per heavy atom. The highest BCUT2D eigenvalue weighted by atomic mass is 31.2. The van der Waals surface area contributed by atoms with Crippen LogP contribution in [0.4, 0.5) is 0 Å². The minimum absolute atomic E-state index is 0.479. The van der Waals surface area contributed by atoms with E-state index < -0.39 is 7.82 Å². The van der Waals surface area contributed by atoms with Crippen LogP contribution in [0.5, 0.6) is 0 Å². The van der Waals surface area contributed by atoms with E-state index in [1.165, 1.54) is 244 Å². The molecule has 0 amide bonds. The minimum Gasteiger partial charge on any atom is -0.287 e. The Morgan fingerprint density at radius 1 is 0.218 bits per heavy atom. The molecule has 0 spiro atoms. The highest BCUT2D eigenvalue weighted by Gasteiger charge is 2.26. The molecule has 0 N–H and O–H groups in total. The second-order valence-corrected chi connectivity index (χ2v) is 19.1. The lowest BCUT2D eigenvalue weighted by Crippen LogP contribution is -2.04. The first kappa shape index (κ1) is 55.1. The maximum absolute atomic E-state index is 13.6. The van der Waals surface area contributed by atoms with Crippen LogP contribution in [0.1, 0.15) is 303 Å². The van der Waals surface area contributed by atoms with Gasteiger partial charge in [0.2, 0.25) is 0 Å². The number of phosphoric ester groups is 1. The molecule has 4 nitrogen and oxygen atoms in total. The zero-order valence-electron chi connectivity index (χ0n) is 38.3. The molecule has 0 saturated heterocycles. The molecule has 0 rings (SSSR count). The first-order valence-corrected chi connectivity index (χ1v) is 27.2. The number of phosphoric acid groups is 1. The summed E-state index contributed by atoms with van der Waals surface area (Å²) in [5, 5.41) is 0. The fraction of sp³-hybridized carbons (Fsp3) is 1.00. The van der Waals surface area contributed by atoms with Crippen molar-refractivity contribution in [3.63, 3.8) is 0 Å². The molecule has 0 aliphatic carbocycles. The lowest BCUT2D eigenvalue weighted by atomic mass is 10.0. The SMILES string of the molecule is CCCCCCCCCCCCCCCCCCOP(=O)(OCCCCCCCCCCCCCCCC)OCCCCCCCCCCCCCCCC. The van der Waals surface area contributed by atoms with Crippen molar-refractivity contribution < 1.29 is 18.1 Å². The zero-order valence-corrected chi connectivity index (χ0v) is 39.2. The van der Waals surface area contributed by atoms with Crippen molar-refractivity contribution in [1.29, 1.82) is 0 Å². The monoisotopic (exact) mass is 799 g/mol. The van der Waals surface area contributed by atoms with E-state index in [0.717, 1.165) is 38.5 Å². The summed E-state index contributed by atoms with van der Waals surface area (Å²) < 4.78 is 31.3. The molecule has 0 bridgehead atoms. The molecule has 55 heavy (non-hydrogen) atoms. The van der Waals surface area contributed by atoms with Crippen molar-refractivity contribution in [1.82, 2.24) is 0 Å². The molecule has 0 aromatic rings. The zero-order chi connectivity index (χ0) is 39.9. The van der Waals surface area contributed by atoms with E-state index in [2.05, 4.69) is 20.8 Å². The quantitative estimate of drug-likeness (QED) is 0.0454. The van der Waals surface area contributed by atoms with E-state index in [9.17, 15) is 4.57 Å². The number of hydrogen-bond acceptors (Lipinski definition) is 4. The summed E-state index contributed by atoms with van der Waals surface area (Å²) in [6.45, 7) is 8.32. The maximum atomic E-state index is 13.6. The third-order valence-corrected chi connectivity index (χ3v) is 13.2. The molecular weight excluding hydrogens is 696 g/mol. The largest absolute Gasteiger partial charge is 0.474 e. The molecule has 0 fully saturated rings. The lowest BCUT2D eigenvalue weighted by molar-refractivity contribution is 0.108. The van der Waals surface area contributed by atoms with Crippen LogP contribution in [0, 0.1) is 0 Å². The van der Waals surface area contributed by atoms with Gasteiger partial charge in [0.05, 0.1) is 19.8 Å². The van der Waals surface area contributed by atoms with Gasteiger partial charge in [-0.3, -0.25) is 13.6 Å². The Labute approximate surface area is 348 Å². The molecule has 0 heterocycles. The first-order chi connectivity index (χ1) is 27.2. The van der Waals surface area contributed by atoms with E-state index in [1.807, 2.05) is 0 Å². The molecule has 0 atom stereocenters. The summed E-state index contributed by atoms with van der Waals surface area (Å²) in [7, 11) is -3.48. The van der Waals surface area contributed by atoms with Crippen molar-refractivity contribution in [2.45, 2.75) is 303 Å². The highest BCUT2D eigenvalue weighted by molar-refractivity contribution is 7.48. The van der Waals surface area contributed by atoms with Gasteiger partial charge in [-0.25, -0.2) is 4.57 Å². The van der Waals surface area contributed by atoms with Crippen molar-refractivity contribution in [2.75, 3.05) is 19.8 Å². The summed E-state index contributed by atoms with van der Waals surface area (Å²) in [5.41, 5.74) is 0. The van der Waals surface area contributed by atoms with Crippen LogP contribution in [-0.2, 0) is 18.1 Å². The normalized spacial score (nSPS) is 12.0. The van der Waals surface area contributed by atoms with Crippen LogP contribution in [-0.4, -0.2) is 19.8 Å². The summed E-state index contributed by atoms with van der Waals surface area (Å²) in [6, 6.07) is 0. The fourth-order valence-corrected chi connectivity index (χ4v) is 9.17. The van der Waals surface area contributed by atoms with Gasteiger partial charge in [-0.2, -0.15) is 0 Å². The van der Waals surface area contributed by atoms with Crippen LogP contribution in [0.2, 0.25) is 0 Å². The van der Waals surface area contributed by atoms with E-state index in [4.69, 9.17) is 13.6 Å². The molecule has 0 unspecified atom stereocenters. The van der Waals surface area contributed by atoms with Crippen LogP contribution in [0.15, 0.2) is 0 Å². The number of rotatable bonds is 50. The molecular formula is C50H103O4P. The second kappa shape index (κ2) is 48.5. The fourth-order valence-electron chi connectivity index (χ4n) is 7.88. The van der Waals surface area contributed by atoms with Gasteiger partial charge in [0, 0.05) is 0 Å². The van der Waals surface area contributed by atoms with Gasteiger partial charge in [-0.1, -0.05) is 284 Å². The van der Waals surface area contributed by atoms with Gasteiger partial charge in [0.25, 0.3) is 0 Å². The smallest absolute Gasteiger partial charge is 0.287 e.